The quantitative estimate of drug-likeness (QED) is 0.777. The van der Waals surface area contributed by atoms with Crippen molar-refractivity contribution in [3.63, 3.8) is 0 Å². The van der Waals surface area contributed by atoms with E-state index < -0.39 is 0 Å². The fourth-order valence-electron chi connectivity index (χ4n) is 2.13. The van der Waals surface area contributed by atoms with Crippen LogP contribution >= 0.6 is 0 Å². The van der Waals surface area contributed by atoms with E-state index in [-0.39, 0.29) is 12.6 Å². The van der Waals surface area contributed by atoms with Crippen LogP contribution in [0.2, 0.25) is 0 Å². The molecule has 1 unspecified atom stereocenters. The van der Waals surface area contributed by atoms with Crippen molar-refractivity contribution in [3.05, 3.63) is 29.3 Å². The zero-order valence-electron chi connectivity index (χ0n) is 9.11. The van der Waals surface area contributed by atoms with Crippen LogP contribution in [0.25, 0.3) is 0 Å². The molecule has 0 bridgehead atoms. The van der Waals surface area contributed by atoms with Crippen LogP contribution in [0.4, 0.5) is 5.69 Å². The predicted octanol–water partition coefficient (Wildman–Crippen LogP) is 1.06. The van der Waals surface area contributed by atoms with Crippen LogP contribution in [-0.4, -0.2) is 24.8 Å². The fourth-order valence-corrected chi connectivity index (χ4v) is 2.13. The van der Waals surface area contributed by atoms with Crippen molar-refractivity contribution < 1.29 is 5.11 Å². The molecule has 1 aromatic carbocycles. The fraction of sp³-hybridized carbons (Fsp3) is 0.500. The lowest BCUT2D eigenvalue weighted by molar-refractivity contribution is 0.303. The Labute approximate surface area is 90.5 Å². The van der Waals surface area contributed by atoms with Gasteiger partial charge in [0.2, 0.25) is 0 Å². The van der Waals surface area contributed by atoms with E-state index >= 15 is 0 Å². The molecular weight excluding hydrogens is 188 g/mol. The van der Waals surface area contributed by atoms with E-state index in [2.05, 4.69) is 23.1 Å². The van der Waals surface area contributed by atoms with Gasteiger partial charge in [-0.15, -0.1) is 0 Å². The highest BCUT2D eigenvalue weighted by atomic mass is 16.3. The number of aliphatic hydroxyl groups excluding tert-OH is 1. The molecule has 0 fully saturated rings. The minimum absolute atomic E-state index is 0.0993. The molecule has 1 aliphatic heterocycles. The second kappa shape index (κ2) is 4.21. The van der Waals surface area contributed by atoms with Gasteiger partial charge in [-0.2, -0.15) is 0 Å². The lowest BCUT2D eigenvalue weighted by Crippen LogP contribution is -2.23. The van der Waals surface area contributed by atoms with E-state index in [0.717, 1.165) is 19.5 Å². The number of fused-ring (bicyclic) bond motifs is 1. The summed E-state index contributed by atoms with van der Waals surface area (Å²) in [6, 6.07) is 6.50. The van der Waals surface area contributed by atoms with Crippen molar-refractivity contribution in [2.24, 2.45) is 5.73 Å². The van der Waals surface area contributed by atoms with Crippen LogP contribution in [0.5, 0.6) is 0 Å². The lowest BCUT2D eigenvalue weighted by atomic mass is 10.0. The minimum Gasteiger partial charge on any atom is -0.395 e. The molecule has 82 valence electrons. The number of anilines is 1. The van der Waals surface area contributed by atoms with Gasteiger partial charge in [-0.25, -0.2) is 0 Å². The maximum atomic E-state index is 8.93. The average Bonchev–Trinajstić information content (AvgIpc) is 2.61. The summed E-state index contributed by atoms with van der Waals surface area (Å²) >= 11 is 0. The highest BCUT2D eigenvalue weighted by molar-refractivity contribution is 5.59. The Morgan fingerprint density at radius 1 is 1.53 bits per heavy atom. The lowest BCUT2D eigenvalue weighted by Gasteiger charge is -2.18. The normalized spacial score (nSPS) is 16.6. The third-order valence-corrected chi connectivity index (χ3v) is 2.99. The van der Waals surface area contributed by atoms with E-state index in [1.54, 1.807) is 0 Å². The van der Waals surface area contributed by atoms with Gasteiger partial charge in [0.25, 0.3) is 0 Å². The van der Waals surface area contributed by atoms with E-state index in [4.69, 9.17) is 10.8 Å². The standard InChI is InChI=1S/C12H18N2O/c1-9(13)10-2-3-12-11(8-10)4-5-14(12)6-7-15/h2-3,8-9,15H,4-7,13H2,1H3. The van der Waals surface area contributed by atoms with Gasteiger partial charge in [0, 0.05) is 24.8 Å². The molecule has 1 aliphatic rings. The number of hydrogen-bond donors (Lipinski definition) is 2. The first kappa shape index (κ1) is 10.5. The van der Waals surface area contributed by atoms with Crippen LogP contribution in [0, 0.1) is 0 Å². The van der Waals surface area contributed by atoms with E-state index in [9.17, 15) is 0 Å². The Kier molecular flexibility index (Phi) is 2.93. The number of nitrogens with two attached hydrogens (primary N) is 1. The molecule has 0 saturated heterocycles. The summed E-state index contributed by atoms with van der Waals surface area (Å²) in [4.78, 5) is 2.22. The van der Waals surface area contributed by atoms with Crippen molar-refractivity contribution in [3.8, 4) is 0 Å². The number of rotatable bonds is 3. The summed E-state index contributed by atoms with van der Waals surface area (Å²) < 4.78 is 0. The molecule has 0 amide bonds. The maximum absolute atomic E-state index is 8.93. The molecule has 15 heavy (non-hydrogen) atoms. The number of benzene rings is 1. The topological polar surface area (TPSA) is 49.5 Å². The SMILES string of the molecule is CC(N)c1ccc2c(c1)CCN2CCO. The molecule has 3 N–H and O–H groups in total. The molecular formula is C12H18N2O. The van der Waals surface area contributed by atoms with Gasteiger partial charge in [-0.3, -0.25) is 0 Å². The van der Waals surface area contributed by atoms with Gasteiger partial charge in [0.1, 0.15) is 0 Å². The Morgan fingerprint density at radius 3 is 3.00 bits per heavy atom. The van der Waals surface area contributed by atoms with Crippen LogP contribution in [0.15, 0.2) is 18.2 Å². The van der Waals surface area contributed by atoms with Gasteiger partial charge in [-0.1, -0.05) is 12.1 Å². The van der Waals surface area contributed by atoms with Crippen molar-refractivity contribution in [1.29, 1.82) is 0 Å². The van der Waals surface area contributed by atoms with Crippen LogP contribution in [0.3, 0.4) is 0 Å². The molecule has 0 spiro atoms. The van der Waals surface area contributed by atoms with Gasteiger partial charge in [0.05, 0.1) is 6.61 Å². The van der Waals surface area contributed by atoms with Crippen LogP contribution in [0.1, 0.15) is 24.1 Å². The average molecular weight is 206 g/mol. The molecule has 3 nitrogen and oxygen atoms in total. The van der Waals surface area contributed by atoms with E-state index in [0.29, 0.717) is 0 Å². The van der Waals surface area contributed by atoms with Gasteiger partial charge in [-0.05, 0) is 30.5 Å². The van der Waals surface area contributed by atoms with Crippen molar-refractivity contribution >= 4 is 5.69 Å². The predicted molar refractivity (Wildman–Crippen MR) is 62.0 cm³/mol. The van der Waals surface area contributed by atoms with Gasteiger partial charge < -0.3 is 15.7 Å². The molecule has 1 aromatic rings. The Bertz CT molecular complexity index is 349. The van der Waals surface area contributed by atoms with Crippen molar-refractivity contribution in [2.75, 3.05) is 24.6 Å². The van der Waals surface area contributed by atoms with Crippen molar-refractivity contribution in [2.45, 2.75) is 19.4 Å². The highest BCUT2D eigenvalue weighted by Crippen LogP contribution is 2.29. The summed E-state index contributed by atoms with van der Waals surface area (Å²) in [6.45, 7) is 3.96. The molecule has 0 aliphatic carbocycles. The first-order valence-electron chi connectivity index (χ1n) is 5.46. The molecule has 1 heterocycles. The van der Waals surface area contributed by atoms with Crippen LogP contribution in [-0.2, 0) is 6.42 Å². The summed E-state index contributed by atoms with van der Waals surface area (Å²) in [7, 11) is 0. The van der Waals surface area contributed by atoms with E-state index in [1.807, 2.05) is 6.92 Å². The molecule has 1 atom stereocenters. The second-order valence-electron chi connectivity index (χ2n) is 4.14. The number of β-amino-alcohol motifs (C(OH)–C–C–N with tert-alkyl or cyclic N) is 1. The zero-order valence-corrected chi connectivity index (χ0v) is 9.11. The highest BCUT2D eigenvalue weighted by Gasteiger charge is 2.18. The van der Waals surface area contributed by atoms with E-state index in [1.165, 1.54) is 16.8 Å². The number of aliphatic hydroxyl groups is 1. The minimum atomic E-state index is 0.0993. The Hall–Kier alpha value is -1.06. The third kappa shape index (κ3) is 1.98. The second-order valence-corrected chi connectivity index (χ2v) is 4.14. The Balaban J connectivity index is 2.25. The third-order valence-electron chi connectivity index (χ3n) is 2.99. The maximum Gasteiger partial charge on any atom is 0.0606 e. The van der Waals surface area contributed by atoms with Crippen molar-refractivity contribution in [1.82, 2.24) is 0 Å². The summed E-state index contributed by atoms with van der Waals surface area (Å²) in [5, 5.41) is 8.93. The largest absolute Gasteiger partial charge is 0.395 e. The molecule has 0 saturated carbocycles. The zero-order chi connectivity index (χ0) is 10.8. The van der Waals surface area contributed by atoms with Gasteiger partial charge in [0.15, 0.2) is 0 Å². The summed E-state index contributed by atoms with van der Waals surface area (Å²) in [5.74, 6) is 0. The Morgan fingerprint density at radius 2 is 2.33 bits per heavy atom. The number of nitrogens with zero attached hydrogens (tertiary/aromatic N) is 1. The molecule has 0 radical (unpaired) electrons. The first-order valence-corrected chi connectivity index (χ1v) is 5.46. The molecule has 2 rings (SSSR count). The monoisotopic (exact) mass is 206 g/mol. The summed E-state index contributed by atoms with van der Waals surface area (Å²) in [5.41, 5.74) is 9.66. The summed E-state index contributed by atoms with van der Waals surface area (Å²) in [6.07, 6.45) is 1.07. The smallest absolute Gasteiger partial charge is 0.0606 e. The first-order chi connectivity index (χ1) is 7.22. The molecule has 3 heteroatoms. The molecule has 0 aromatic heterocycles. The number of hydrogen-bond acceptors (Lipinski definition) is 3. The van der Waals surface area contributed by atoms with Crippen LogP contribution < -0.4 is 10.6 Å². The van der Waals surface area contributed by atoms with Gasteiger partial charge >= 0.3 is 0 Å².